The normalized spacial score (nSPS) is 19.5. The Morgan fingerprint density at radius 3 is 3.04 bits per heavy atom. The number of anilines is 1. The molecule has 3 heterocycles. The molecular formula is C18H19N5O. The van der Waals surface area contributed by atoms with Crippen LogP contribution in [-0.2, 0) is 24.2 Å². The predicted octanol–water partition coefficient (Wildman–Crippen LogP) is 2.22. The Morgan fingerprint density at radius 2 is 2.12 bits per heavy atom. The summed E-state index contributed by atoms with van der Waals surface area (Å²) in [5.41, 5.74) is 4.33. The van der Waals surface area contributed by atoms with E-state index in [2.05, 4.69) is 25.6 Å². The summed E-state index contributed by atoms with van der Waals surface area (Å²) in [5.74, 6) is 1.95. The molecule has 0 spiro atoms. The number of fused-ring (bicyclic) bond motifs is 4. The van der Waals surface area contributed by atoms with E-state index in [-0.39, 0.29) is 11.8 Å². The minimum Gasteiger partial charge on any atom is -0.346 e. The number of hydrogen-bond donors (Lipinski definition) is 1. The first-order chi connectivity index (χ1) is 11.7. The molecule has 0 saturated heterocycles. The van der Waals surface area contributed by atoms with E-state index in [1.807, 2.05) is 30.0 Å². The third kappa shape index (κ3) is 1.92. The zero-order valence-electron chi connectivity index (χ0n) is 13.6. The van der Waals surface area contributed by atoms with Crippen molar-refractivity contribution in [1.29, 1.82) is 0 Å². The fraction of sp³-hybridized carbons (Fsp3) is 0.389. The smallest absolute Gasteiger partial charge is 0.232 e. The maximum Gasteiger partial charge on any atom is 0.232 e. The number of aromatic amines is 1. The van der Waals surface area contributed by atoms with E-state index in [1.54, 1.807) is 0 Å². The SMILES string of the molecule is Cc1nc2c([nH]1)CC(C(=O)N1CCn3c1nc1ccccc13)CC2. The van der Waals surface area contributed by atoms with Crippen molar-refractivity contribution in [1.82, 2.24) is 19.5 Å². The van der Waals surface area contributed by atoms with Crippen molar-refractivity contribution in [3.8, 4) is 0 Å². The van der Waals surface area contributed by atoms with Crippen LogP contribution in [0.1, 0.15) is 23.6 Å². The highest BCUT2D eigenvalue weighted by Gasteiger charge is 2.35. The second-order valence-electron chi connectivity index (χ2n) is 6.73. The molecule has 0 saturated carbocycles. The van der Waals surface area contributed by atoms with E-state index in [9.17, 15) is 4.79 Å². The quantitative estimate of drug-likeness (QED) is 0.747. The zero-order valence-corrected chi connectivity index (χ0v) is 13.6. The van der Waals surface area contributed by atoms with E-state index < -0.39 is 0 Å². The topological polar surface area (TPSA) is 66.8 Å². The lowest BCUT2D eigenvalue weighted by atomic mass is 9.89. The van der Waals surface area contributed by atoms with Gasteiger partial charge in [0.15, 0.2) is 0 Å². The Hall–Kier alpha value is -2.63. The Morgan fingerprint density at radius 1 is 1.25 bits per heavy atom. The summed E-state index contributed by atoms with van der Waals surface area (Å²) in [6.07, 6.45) is 2.50. The molecule has 1 unspecified atom stereocenters. The first-order valence-electron chi connectivity index (χ1n) is 8.52. The molecule has 2 aromatic heterocycles. The molecule has 1 aromatic carbocycles. The summed E-state index contributed by atoms with van der Waals surface area (Å²) in [6.45, 7) is 3.51. The van der Waals surface area contributed by atoms with E-state index >= 15 is 0 Å². The van der Waals surface area contributed by atoms with E-state index in [1.165, 1.54) is 0 Å². The monoisotopic (exact) mass is 321 g/mol. The predicted molar refractivity (Wildman–Crippen MR) is 90.9 cm³/mol. The average Bonchev–Trinajstić information content (AvgIpc) is 3.24. The molecule has 6 heteroatoms. The van der Waals surface area contributed by atoms with Gasteiger partial charge in [-0.2, -0.15) is 0 Å². The van der Waals surface area contributed by atoms with E-state index in [0.717, 1.165) is 66.5 Å². The van der Waals surface area contributed by atoms with Crippen molar-refractivity contribution >= 4 is 22.9 Å². The molecule has 1 aliphatic carbocycles. The third-order valence-electron chi connectivity index (χ3n) is 5.20. The second-order valence-corrected chi connectivity index (χ2v) is 6.73. The molecule has 3 aromatic rings. The fourth-order valence-corrected chi connectivity index (χ4v) is 4.05. The summed E-state index contributed by atoms with van der Waals surface area (Å²) in [6, 6.07) is 8.08. The first kappa shape index (κ1) is 13.8. The standard InChI is InChI=1S/C18H19N5O/c1-11-19-13-7-6-12(10-15(13)20-11)17(24)23-9-8-22-16-5-3-2-4-14(16)21-18(22)23/h2-5,12H,6-10H2,1H3,(H,19,20). The molecule has 1 N–H and O–H groups in total. The Balaban J connectivity index is 1.45. The van der Waals surface area contributed by atoms with Crippen LogP contribution in [0.15, 0.2) is 24.3 Å². The second kappa shape index (κ2) is 4.93. The number of aromatic nitrogens is 4. The minimum absolute atomic E-state index is 0.0173. The van der Waals surface area contributed by atoms with Crippen molar-refractivity contribution < 1.29 is 4.79 Å². The van der Waals surface area contributed by atoms with Crippen LogP contribution in [0.2, 0.25) is 0 Å². The number of aryl methyl sites for hydroxylation is 2. The molecule has 1 atom stereocenters. The van der Waals surface area contributed by atoms with Crippen LogP contribution in [0.5, 0.6) is 0 Å². The summed E-state index contributed by atoms with van der Waals surface area (Å²) >= 11 is 0. The summed E-state index contributed by atoms with van der Waals surface area (Å²) < 4.78 is 2.15. The highest BCUT2D eigenvalue weighted by Crippen LogP contribution is 2.31. The van der Waals surface area contributed by atoms with Gasteiger partial charge in [-0.25, -0.2) is 9.97 Å². The molecule has 122 valence electrons. The van der Waals surface area contributed by atoms with Gasteiger partial charge in [-0.3, -0.25) is 9.69 Å². The minimum atomic E-state index is 0.0173. The highest BCUT2D eigenvalue weighted by atomic mass is 16.2. The number of para-hydroxylation sites is 2. The number of hydrogen-bond acceptors (Lipinski definition) is 3. The third-order valence-corrected chi connectivity index (χ3v) is 5.20. The van der Waals surface area contributed by atoms with Crippen LogP contribution >= 0.6 is 0 Å². The lowest BCUT2D eigenvalue weighted by Gasteiger charge is -2.24. The molecular weight excluding hydrogens is 302 g/mol. The Bertz CT molecular complexity index is 954. The molecule has 24 heavy (non-hydrogen) atoms. The Labute approximate surface area is 139 Å². The van der Waals surface area contributed by atoms with Crippen molar-refractivity contribution in [3.05, 3.63) is 41.5 Å². The average molecular weight is 321 g/mol. The summed E-state index contributed by atoms with van der Waals surface area (Å²) in [5, 5.41) is 0. The summed E-state index contributed by atoms with van der Waals surface area (Å²) in [4.78, 5) is 27.5. The number of nitrogens with one attached hydrogen (secondary N) is 1. The number of rotatable bonds is 1. The van der Waals surface area contributed by atoms with Gasteiger partial charge in [0.05, 0.1) is 16.7 Å². The van der Waals surface area contributed by atoms with Crippen molar-refractivity contribution in [2.45, 2.75) is 32.7 Å². The molecule has 0 bridgehead atoms. The number of amides is 1. The van der Waals surface area contributed by atoms with Gasteiger partial charge in [-0.15, -0.1) is 0 Å². The number of H-pyrrole nitrogens is 1. The zero-order chi connectivity index (χ0) is 16.3. The molecule has 0 fully saturated rings. The van der Waals surface area contributed by atoms with Gasteiger partial charge in [0.1, 0.15) is 5.82 Å². The molecule has 1 aliphatic heterocycles. The van der Waals surface area contributed by atoms with E-state index in [4.69, 9.17) is 0 Å². The molecule has 2 aliphatic rings. The van der Waals surface area contributed by atoms with Gasteiger partial charge in [0, 0.05) is 31.1 Å². The van der Waals surface area contributed by atoms with Gasteiger partial charge < -0.3 is 9.55 Å². The highest BCUT2D eigenvalue weighted by molar-refractivity contribution is 5.96. The maximum atomic E-state index is 13.1. The number of benzene rings is 1. The van der Waals surface area contributed by atoms with Crippen LogP contribution in [0.3, 0.4) is 0 Å². The van der Waals surface area contributed by atoms with Crippen molar-refractivity contribution in [3.63, 3.8) is 0 Å². The van der Waals surface area contributed by atoms with Crippen LogP contribution in [0.25, 0.3) is 11.0 Å². The largest absolute Gasteiger partial charge is 0.346 e. The number of carbonyl (C=O) groups excluding carboxylic acids is 1. The van der Waals surface area contributed by atoms with Gasteiger partial charge in [0.2, 0.25) is 11.9 Å². The van der Waals surface area contributed by atoms with Gasteiger partial charge in [-0.1, -0.05) is 12.1 Å². The van der Waals surface area contributed by atoms with Gasteiger partial charge in [0.25, 0.3) is 0 Å². The molecule has 1 amide bonds. The van der Waals surface area contributed by atoms with Crippen LogP contribution in [0, 0.1) is 12.8 Å². The van der Waals surface area contributed by atoms with Gasteiger partial charge in [-0.05, 0) is 31.9 Å². The van der Waals surface area contributed by atoms with Crippen molar-refractivity contribution in [2.24, 2.45) is 5.92 Å². The fourth-order valence-electron chi connectivity index (χ4n) is 4.05. The van der Waals surface area contributed by atoms with Crippen molar-refractivity contribution in [2.75, 3.05) is 11.4 Å². The van der Waals surface area contributed by atoms with E-state index in [0.29, 0.717) is 0 Å². The molecule has 0 radical (unpaired) electrons. The molecule has 5 rings (SSSR count). The first-order valence-corrected chi connectivity index (χ1v) is 8.52. The maximum absolute atomic E-state index is 13.1. The lowest BCUT2D eigenvalue weighted by molar-refractivity contribution is -0.122. The van der Waals surface area contributed by atoms with Crippen LogP contribution in [0.4, 0.5) is 5.95 Å². The summed E-state index contributed by atoms with van der Waals surface area (Å²) in [7, 11) is 0. The Kier molecular flexibility index (Phi) is 2.83. The van der Waals surface area contributed by atoms with Gasteiger partial charge >= 0.3 is 0 Å². The number of nitrogens with zero attached hydrogens (tertiary/aromatic N) is 4. The van der Waals surface area contributed by atoms with Crippen LogP contribution < -0.4 is 4.90 Å². The number of imidazole rings is 2. The molecule has 6 nitrogen and oxygen atoms in total. The van der Waals surface area contributed by atoms with Crippen LogP contribution in [-0.4, -0.2) is 32.0 Å². The lowest BCUT2D eigenvalue weighted by Crippen LogP contribution is -2.37. The number of carbonyl (C=O) groups is 1.